The van der Waals surface area contributed by atoms with Crippen molar-refractivity contribution in [3.8, 4) is 0 Å². The molecule has 2 N–H and O–H groups in total. The van der Waals surface area contributed by atoms with Crippen molar-refractivity contribution in [2.75, 3.05) is 26.7 Å². The highest BCUT2D eigenvalue weighted by molar-refractivity contribution is 14.0. The van der Waals surface area contributed by atoms with Gasteiger partial charge in [-0.05, 0) is 44.6 Å². The van der Waals surface area contributed by atoms with Crippen LogP contribution in [0.15, 0.2) is 11.1 Å². The van der Waals surface area contributed by atoms with E-state index in [2.05, 4.69) is 59.2 Å². The first-order valence-corrected chi connectivity index (χ1v) is 9.88. The van der Waals surface area contributed by atoms with Gasteiger partial charge in [0.2, 0.25) is 0 Å². The predicted octanol–water partition coefficient (Wildman–Crippen LogP) is 3.51. The summed E-state index contributed by atoms with van der Waals surface area (Å²) in [6.45, 7) is 14.5. The predicted molar refractivity (Wildman–Crippen MR) is 123 cm³/mol. The number of hydrogen-bond acceptors (Lipinski definition) is 3. The maximum atomic E-state index is 6.07. The van der Waals surface area contributed by atoms with E-state index in [1.165, 1.54) is 12.1 Å². The molecule has 27 heavy (non-hydrogen) atoms. The molecule has 2 rings (SSSR count). The number of guanidine groups is 1. The maximum absolute atomic E-state index is 6.07. The van der Waals surface area contributed by atoms with Gasteiger partial charge in [0.1, 0.15) is 0 Å². The van der Waals surface area contributed by atoms with Crippen LogP contribution in [0.2, 0.25) is 0 Å². The molecule has 2 atom stereocenters. The number of halogens is 1. The van der Waals surface area contributed by atoms with Crippen molar-refractivity contribution in [3.05, 3.63) is 17.5 Å². The number of ether oxygens (including phenoxy) is 1. The molecule has 2 unspecified atom stereocenters. The molecule has 2 heterocycles. The van der Waals surface area contributed by atoms with Gasteiger partial charge in [0, 0.05) is 44.9 Å². The SMILES string of the molecule is CN=C(NCCCn1nc(C)cc1C)NCC1CCCOC1C(C)(C)C.I. The standard InChI is InChI=1S/C20H37N5O.HI/c1-15-13-16(2)25(24-15)11-8-10-22-19(21-6)23-14-17-9-7-12-26-18(17)20(3,4)5;/h13,17-18H,7-12,14H2,1-6H3,(H2,21,22,23);1H. The highest BCUT2D eigenvalue weighted by atomic mass is 127. The van der Waals surface area contributed by atoms with E-state index < -0.39 is 0 Å². The zero-order valence-electron chi connectivity index (χ0n) is 17.8. The summed E-state index contributed by atoms with van der Waals surface area (Å²) in [5.41, 5.74) is 2.47. The van der Waals surface area contributed by atoms with Crippen LogP contribution in [0.1, 0.15) is 51.4 Å². The van der Waals surface area contributed by atoms with Gasteiger partial charge in [0.05, 0.1) is 11.8 Å². The molecule has 1 aromatic rings. The molecule has 1 fully saturated rings. The fraction of sp³-hybridized carbons (Fsp3) is 0.800. The summed E-state index contributed by atoms with van der Waals surface area (Å²) < 4.78 is 8.14. The summed E-state index contributed by atoms with van der Waals surface area (Å²) in [5, 5.41) is 11.4. The van der Waals surface area contributed by atoms with E-state index >= 15 is 0 Å². The zero-order chi connectivity index (χ0) is 19.2. The van der Waals surface area contributed by atoms with Crippen molar-refractivity contribution >= 4 is 29.9 Å². The van der Waals surface area contributed by atoms with Crippen LogP contribution in [0.4, 0.5) is 0 Å². The molecule has 1 aromatic heterocycles. The van der Waals surface area contributed by atoms with Crippen LogP contribution in [0.5, 0.6) is 0 Å². The summed E-state index contributed by atoms with van der Waals surface area (Å²) in [5.74, 6) is 1.40. The van der Waals surface area contributed by atoms with E-state index in [1.807, 2.05) is 14.0 Å². The van der Waals surface area contributed by atoms with Crippen molar-refractivity contribution in [1.82, 2.24) is 20.4 Å². The van der Waals surface area contributed by atoms with Crippen LogP contribution in [0, 0.1) is 25.2 Å². The van der Waals surface area contributed by atoms with Crippen molar-refractivity contribution in [2.24, 2.45) is 16.3 Å². The molecule has 0 amide bonds. The van der Waals surface area contributed by atoms with E-state index in [9.17, 15) is 0 Å². The van der Waals surface area contributed by atoms with Gasteiger partial charge in [-0.1, -0.05) is 20.8 Å². The van der Waals surface area contributed by atoms with Gasteiger partial charge < -0.3 is 15.4 Å². The molecule has 0 bridgehead atoms. The van der Waals surface area contributed by atoms with E-state index in [4.69, 9.17) is 4.74 Å². The molecule has 0 saturated carbocycles. The van der Waals surface area contributed by atoms with Gasteiger partial charge in [0.25, 0.3) is 0 Å². The molecule has 156 valence electrons. The Balaban J connectivity index is 0.00000364. The number of aromatic nitrogens is 2. The Morgan fingerprint density at radius 1 is 1.33 bits per heavy atom. The lowest BCUT2D eigenvalue weighted by atomic mass is 9.78. The zero-order valence-corrected chi connectivity index (χ0v) is 20.2. The monoisotopic (exact) mass is 491 g/mol. The van der Waals surface area contributed by atoms with Crippen LogP contribution in [-0.4, -0.2) is 48.6 Å². The second-order valence-corrected chi connectivity index (χ2v) is 8.44. The number of nitrogens with zero attached hydrogens (tertiary/aromatic N) is 3. The average Bonchev–Trinajstić information content (AvgIpc) is 2.91. The maximum Gasteiger partial charge on any atom is 0.190 e. The number of aliphatic imine (C=N–C) groups is 1. The second-order valence-electron chi connectivity index (χ2n) is 8.44. The van der Waals surface area contributed by atoms with Crippen LogP contribution >= 0.6 is 24.0 Å². The lowest BCUT2D eigenvalue weighted by molar-refractivity contribution is -0.0835. The first kappa shape index (κ1) is 24.2. The highest BCUT2D eigenvalue weighted by Gasteiger charge is 2.35. The highest BCUT2D eigenvalue weighted by Crippen LogP contribution is 2.33. The largest absolute Gasteiger partial charge is 0.377 e. The third-order valence-corrected chi connectivity index (χ3v) is 5.00. The number of rotatable bonds is 6. The summed E-state index contributed by atoms with van der Waals surface area (Å²) >= 11 is 0. The fourth-order valence-electron chi connectivity index (χ4n) is 3.79. The van der Waals surface area contributed by atoms with Crippen LogP contribution < -0.4 is 10.6 Å². The summed E-state index contributed by atoms with van der Waals surface area (Å²) in [6, 6.07) is 2.12. The lowest BCUT2D eigenvalue weighted by Crippen LogP contribution is -2.47. The van der Waals surface area contributed by atoms with Gasteiger partial charge in [-0.3, -0.25) is 9.67 Å². The van der Waals surface area contributed by atoms with Gasteiger partial charge in [0.15, 0.2) is 5.96 Å². The molecule has 0 radical (unpaired) electrons. The number of aryl methyl sites for hydroxylation is 3. The van der Waals surface area contributed by atoms with E-state index in [0.29, 0.717) is 12.0 Å². The van der Waals surface area contributed by atoms with Crippen molar-refractivity contribution in [1.29, 1.82) is 0 Å². The van der Waals surface area contributed by atoms with Crippen LogP contribution in [0.25, 0.3) is 0 Å². The van der Waals surface area contributed by atoms with Crippen molar-refractivity contribution in [2.45, 2.75) is 66.5 Å². The van der Waals surface area contributed by atoms with Crippen LogP contribution in [-0.2, 0) is 11.3 Å². The first-order chi connectivity index (χ1) is 12.3. The molecule has 0 spiro atoms. The molecule has 0 aliphatic carbocycles. The molecule has 1 aliphatic heterocycles. The Bertz CT molecular complexity index is 594. The van der Waals surface area contributed by atoms with Gasteiger partial charge in [-0.15, -0.1) is 24.0 Å². The normalized spacial score (nSPS) is 20.9. The molecule has 6 nitrogen and oxygen atoms in total. The molecular formula is C20H38IN5O. The minimum absolute atomic E-state index is 0. The molecule has 1 aliphatic rings. The smallest absolute Gasteiger partial charge is 0.190 e. The molecule has 7 heteroatoms. The minimum atomic E-state index is 0. The summed E-state index contributed by atoms with van der Waals surface area (Å²) in [6.07, 6.45) is 3.67. The summed E-state index contributed by atoms with van der Waals surface area (Å²) in [7, 11) is 1.83. The molecular weight excluding hydrogens is 453 g/mol. The number of nitrogens with one attached hydrogen (secondary N) is 2. The third kappa shape index (κ3) is 7.60. The quantitative estimate of drug-likeness (QED) is 0.277. The second kappa shape index (κ2) is 11.2. The molecule has 0 aromatic carbocycles. The Hall–Kier alpha value is -0.830. The van der Waals surface area contributed by atoms with E-state index in [0.717, 1.165) is 50.7 Å². The third-order valence-electron chi connectivity index (χ3n) is 5.00. The van der Waals surface area contributed by atoms with Crippen molar-refractivity contribution in [3.63, 3.8) is 0 Å². The molecule has 1 saturated heterocycles. The van der Waals surface area contributed by atoms with Gasteiger partial charge >= 0.3 is 0 Å². The Morgan fingerprint density at radius 2 is 2.07 bits per heavy atom. The first-order valence-electron chi connectivity index (χ1n) is 9.88. The van der Waals surface area contributed by atoms with E-state index in [-0.39, 0.29) is 29.4 Å². The Morgan fingerprint density at radius 3 is 2.67 bits per heavy atom. The van der Waals surface area contributed by atoms with E-state index in [1.54, 1.807) is 0 Å². The fourth-order valence-corrected chi connectivity index (χ4v) is 3.79. The van der Waals surface area contributed by atoms with Gasteiger partial charge in [-0.25, -0.2) is 0 Å². The van der Waals surface area contributed by atoms with Crippen LogP contribution in [0.3, 0.4) is 0 Å². The summed E-state index contributed by atoms with van der Waals surface area (Å²) in [4.78, 5) is 4.36. The average molecular weight is 491 g/mol. The van der Waals surface area contributed by atoms with Crippen molar-refractivity contribution < 1.29 is 4.74 Å². The lowest BCUT2D eigenvalue weighted by Gasteiger charge is -2.40. The Labute approximate surface area is 181 Å². The number of hydrogen-bond donors (Lipinski definition) is 2. The topological polar surface area (TPSA) is 63.5 Å². The minimum Gasteiger partial charge on any atom is -0.377 e. The van der Waals surface area contributed by atoms with Gasteiger partial charge in [-0.2, -0.15) is 5.10 Å². The Kier molecular flexibility index (Phi) is 10.1.